The Kier molecular flexibility index (Phi) is 5.16. The highest BCUT2D eigenvalue weighted by atomic mass is 16.5. The van der Waals surface area contributed by atoms with E-state index in [0.29, 0.717) is 6.42 Å². The number of fused-ring (bicyclic) bond motifs is 1. The molecule has 118 valence electrons. The van der Waals surface area contributed by atoms with Gasteiger partial charge in [0.2, 0.25) is 5.91 Å². The molecule has 22 heavy (non-hydrogen) atoms. The average Bonchev–Trinajstić information content (AvgIpc) is 2.83. The number of ether oxygens (including phenoxy) is 1. The molecule has 1 aromatic heterocycles. The molecule has 3 N–H and O–H groups in total. The normalized spacial score (nSPS) is 12.1. The van der Waals surface area contributed by atoms with Gasteiger partial charge in [0.25, 0.3) is 0 Å². The molecule has 0 unspecified atom stereocenters. The van der Waals surface area contributed by atoms with Gasteiger partial charge in [0.15, 0.2) is 0 Å². The van der Waals surface area contributed by atoms with Gasteiger partial charge >= 0.3 is 5.97 Å². The van der Waals surface area contributed by atoms with E-state index in [2.05, 4.69) is 5.32 Å². The zero-order chi connectivity index (χ0) is 16.1. The third kappa shape index (κ3) is 3.46. The largest absolute Gasteiger partial charge is 0.464 e. The van der Waals surface area contributed by atoms with Crippen LogP contribution in [-0.4, -0.2) is 35.6 Å². The molecule has 1 heterocycles. The van der Waals surface area contributed by atoms with Crippen LogP contribution in [0.25, 0.3) is 10.9 Å². The fourth-order valence-electron chi connectivity index (χ4n) is 2.50. The van der Waals surface area contributed by atoms with Gasteiger partial charge in [-0.1, -0.05) is 18.2 Å². The molecule has 0 aliphatic rings. The van der Waals surface area contributed by atoms with Crippen molar-refractivity contribution in [2.24, 2.45) is 12.8 Å². The first-order valence-corrected chi connectivity index (χ1v) is 7.25. The lowest BCUT2D eigenvalue weighted by atomic mass is 10.0. The highest BCUT2D eigenvalue weighted by Gasteiger charge is 2.23. The summed E-state index contributed by atoms with van der Waals surface area (Å²) in [6, 6.07) is 7.19. The number of esters is 1. The number of benzene rings is 1. The predicted molar refractivity (Wildman–Crippen MR) is 84.2 cm³/mol. The van der Waals surface area contributed by atoms with Crippen LogP contribution in [0.2, 0.25) is 0 Å². The Balaban J connectivity index is 2.28. The van der Waals surface area contributed by atoms with E-state index in [0.717, 1.165) is 16.5 Å². The molecule has 0 aliphatic carbocycles. The number of hydrogen-bond donors (Lipinski definition) is 2. The lowest BCUT2D eigenvalue weighted by Crippen LogP contribution is -2.45. The van der Waals surface area contributed by atoms with Crippen LogP contribution >= 0.6 is 0 Å². The fraction of sp³-hybridized carbons (Fsp3) is 0.375. The summed E-state index contributed by atoms with van der Waals surface area (Å²) in [7, 11) is 1.95. The second-order valence-corrected chi connectivity index (χ2v) is 5.06. The zero-order valence-electron chi connectivity index (χ0n) is 12.8. The van der Waals surface area contributed by atoms with E-state index in [1.807, 2.05) is 42.1 Å². The Bertz CT molecular complexity index is 678. The molecule has 1 atom stereocenters. The Morgan fingerprint density at radius 3 is 2.77 bits per heavy atom. The van der Waals surface area contributed by atoms with Gasteiger partial charge < -0.3 is 20.4 Å². The molecule has 2 rings (SSSR count). The minimum Gasteiger partial charge on any atom is -0.464 e. The molecular formula is C16H21N3O3. The van der Waals surface area contributed by atoms with Crippen molar-refractivity contribution in [2.45, 2.75) is 19.4 Å². The molecule has 1 amide bonds. The van der Waals surface area contributed by atoms with Crippen LogP contribution in [0, 0.1) is 0 Å². The maximum atomic E-state index is 12.1. The van der Waals surface area contributed by atoms with Gasteiger partial charge in [-0.3, -0.25) is 4.79 Å². The minimum atomic E-state index is -0.734. The third-order valence-electron chi connectivity index (χ3n) is 3.50. The topological polar surface area (TPSA) is 86.3 Å². The summed E-state index contributed by atoms with van der Waals surface area (Å²) in [5.41, 5.74) is 7.37. The summed E-state index contributed by atoms with van der Waals surface area (Å²) in [5.74, 6) is -0.824. The Morgan fingerprint density at radius 2 is 2.09 bits per heavy atom. The second kappa shape index (κ2) is 7.09. The van der Waals surface area contributed by atoms with Gasteiger partial charge in [-0.25, -0.2) is 4.79 Å². The number of nitrogens with one attached hydrogen (secondary N) is 1. The fourth-order valence-corrected chi connectivity index (χ4v) is 2.50. The molecule has 0 saturated heterocycles. The summed E-state index contributed by atoms with van der Waals surface area (Å²) in [6.07, 6.45) is 2.33. The zero-order valence-corrected chi connectivity index (χ0v) is 12.8. The van der Waals surface area contributed by atoms with Gasteiger partial charge in [-0.05, 0) is 18.6 Å². The molecule has 1 aromatic carbocycles. The number of hydrogen-bond acceptors (Lipinski definition) is 4. The first-order chi connectivity index (χ1) is 10.6. The number of aromatic nitrogens is 1. The number of carbonyl (C=O) groups excluding carboxylic acids is 2. The predicted octanol–water partition coefficient (Wildman–Crippen LogP) is 0.727. The number of para-hydroxylation sites is 1. The summed E-state index contributed by atoms with van der Waals surface area (Å²) >= 11 is 0. The van der Waals surface area contributed by atoms with Crippen molar-refractivity contribution in [3.63, 3.8) is 0 Å². The molecule has 0 aliphatic heterocycles. The number of carbonyl (C=O) groups is 2. The molecule has 0 radical (unpaired) electrons. The summed E-state index contributed by atoms with van der Waals surface area (Å²) in [4.78, 5) is 23.6. The Labute approximate surface area is 129 Å². The van der Waals surface area contributed by atoms with Gasteiger partial charge in [0.1, 0.15) is 6.04 Å². The summed E-state index contributed by atoms with van der Waals surface area (Å²) < 4.78 is 7.04. The van der Waals surface area contributed by atoms with Crippen molar-refractivity contribution < 1.29 is 14.3 Å². The van der Waals surface area contributed by atoms with Gasteiger partial charge in [0.05, 0.1) is 13.2 Å². The van der Waals surface area contributed by atoms with Crippen molar-refractivity contribution in [2.75, 3.05) is 13.2 Å². The quantitative estimate of drug-likeness (QED) is 0.770. The van der Waals surface area contributed by atoms with Crippen LogP contribution in [0.5, 0.6) is 0 Å². The molecule has 0 spiro atoms. The Hall–Kier alpha value is -2.34. The van der Waals surface area contributed by atoms with Crippen LogP contribution in [-0.2, 0) is 27.8 Å². The van der Waals surface area contributed by atoms with E-state index >= 15 is 0 Å². The van der Waals surface area contributed by atoms with Crippen molar-refractivity contribution in [3.8, 4) is 0 Å². The first kappa shape index (κ1) is 16.0. The van der Waals surface area contributed by atoms with E-state index in [1.165, 1.54) is 0 Å². The lowest BCUT2D eigenvalue weighted by molar-refractivity contribution is -0.147. The minimum absolute atomic E-state index is 0.161. The molecule has 6 nitrogen and oxygen atoms in total. The lowest BCUT2D eigenvalue weighted by Gasteiger charge is -2.16. The number of rotatable bonds is 6. The molecule has 0 saturated carbocycles. The van der Waals surface area contributed by atoms with Crippen LogP contribution < -0.4 is 11.1 Å². The third-order valence-corrected chi connectivity index (χ3v) is 3.50. The molecule has 6 heteroatoms. The smallest absolute Gasteiger partial charge is 0.328 e. The first-order valence-electron chi connectivity index (χ1n) is 7.25. The highest BCUT2D eigenvalue weighted by Crippen LogP contribution is 2.21. The molecule has 0 bridgehead atoms. The van der Waals surface area contributed by atoms with E-state index in [-0.39, 0.29) is 19.1 Å². The van der Waals surface area contributed by atoms with Crippen LogP contribution in [0.1, 0.15) is 12.5 Å². The maximum Gasteiger partial charge on any atom is 0.328 e. The van der Waals surface area contributed by atoms with Crippen LogP contribution in [0.4, 0.5) is 0 Å². The monoisotopic (exact) mass is 303 g/mol. The van der Waals surface area contributed by atoms with E-state index < -0.39 is 12.0 Å². The molecule has 0 fully saturated rings. The summed E-state index contributed by atoms with van der Waals surface area (Å²) in [6.45, 7) is 1.84. The van der Waals surface area contributed by atoms with Crippen LogP contribution in [0.15, 0.2) is 30.5 Å². The number of amides is 1. The van der Waals surface area contributed by atoms with Gasteiger partial charge in [-0.2, -0.15) is 0 Å². The van der Waals surface area contributed by atoms with E-state index in [4.69, 9.17) is 10.5 Å². The van der Waals surface area contributed by atoms with Gasteiger partial charge in [0, 0.05) is 30.6 Å². The van der Waals surface area contributed by atoms with Crippen molar-refractivity contribution in [1.29, 1.82) is 0 Å². The number of nitrogens with zero attached hydrogens (tertiary/aromatic N) is 1. The standard InChI is InChI=1S/C16H21N3O3/c1-3-22-16(21)13(18-15(20)9-17)8-11-10-19(2)14-7-5-4-6-12(11)14/h4-7,10,13H,3,8-9,17H2,1-2H3,(H,18,20)/t13-/m1/s1. The van der Waals surface area contributed by atoms with E-state index in [9.17, 15) is 9.59 Å². The Morgan fingerprint density at radius 1 is 1.36 bits per heavy atom. The van der Waals surface area contributed by atoms with Crippen LogP contribution in [0.3, 0.4) is 0 Å². The van der Waals surface area contributed by atoms with Crippen molar-refractivity contribution in [3.05, 3.63) is 36.0 Å². The maximum absolute atomic E-state index is 12.1. The average molecular weight is 303 g/mol. The second-order valence-electron chi connectivity index (χ2n) is 5.06. The highest BCUT2D eigenvalue weighted by molar-refractivity contribution is 5.88. The summed E-state index contributed by atoms with van der Waals surface area (Å²) in [5, 5.41) is 3.68. The molecule has 2 aromatic rings. The van der Waals surface area contributed by atoms with Gasteiger partial charge in [-0.15, -0.1) is 0 Å². The van der Waals surface area contributed by atoms with Crippen molar-refractivity contribution >= 4 is 22.8 Å². The number of nitrogens with two attached hydrogens (primary N) is 1. The van der Waals surface area contributed by atoms with Crippen molar-refractivity contribution in [1.82, 2.24) is 9.88 Å². The SMILES string of the molecule is CCOC(=O)[C@@H](Cc1cn(C)c2ccccc12)NC(=O)CN. The van der Waals surface area contributed by atoms with E-state index in [1.54, 1.807) is 6.92 Å². The number of aryl methyl sites for hydroxylation is 1. The molecular weight excluding hydrogens is 282 g/mol.